The molecule has 1 fully saturated rings. The van der Waals surface area contributed by atoms with Crippen molar-refractivity contribution >= 4 is 17.7 Å². The lowest BCUT2D eigenvalue weighted by molar-refractivity contribution is -0.124. The Morgan fingerprint density at radius 3 is 2.05 bits per heavy atom. The monoisotopic (exact) mass is 536 g/mol. The van der Waals surface area contributed by atoms with Crippen LogP contribution < -0.4 is 16.4 Å². The fourth-order valence-electron chi connectivity index (χ4n) is 4.35. The number of hydrogen-bond donors (Lipinski definition) is 3. The summed E-state index contributed by atoms with van der Waals surface area (Å²) in [5, 5.41) is 5.79. The van der Waals surface area contributed by atoms with Crippen molar-refractivity contribution in [2.75, 3.05) is 26.2 Å². The summed E-state index contributed by atoms with van der Waals surface area (Å²) in [7, 11) is 0. The second-order valence-electron chi connectivity index (χ2n) is 10.8. The van der Waals surface area contributed by atoms with Crippen molar-refractivity contribution in [2.24, 2.45) is 17.6 Å². The maximum atomic E-state index is 12.8. The van der Waals surface area contributed by atoms with E-state index in [1.54, 1.807) is 24.3 Å². The molecular formula is C32H48N4O3. The van der Waals surface area contributed by atoms with Gasteiger partial charge in [-0.15, -0.1) is 0 Å². The van der Waals surface area contributed by atoms with Gasteiger partial charge in [-0.3, -0.25) is 14.4 Å². The Morgan fingerprint density at radius 2 is 1.51 bits per heavy atom. The van der Waals surface area contributed by atoms with Gasteiger partial charge < -0.3 is 21.3 Å². The highest BCUT2D eigenvalue weighted by molar-refractivity contribution is 5.99. The molecule has 3 rings (SSSR count). The maximum Gasteiger partial charge on any atom is 0.253 e. The van der Waals surface area contributed by atoms with Crippen molar-refractivity contribution in [3.05, 3.63) is 70.8 Å². The lowest BCUT2D eigenvalue weighted by Crippen LogP contribution is -2.41. The van der Waals surface area contributed by atoms with E-state index in [2.05, 4.69) is 48.7 Å². The Hall–Kier alpha value is -3.19. The predicted octanol–water partition coefficient (Wildman–Crippen LogP) is 4.86. The number of rotatable bonds is 13. The first-order valence-electron chi connectivity index (χ1n) is 14.4. The number of carbonyl (C=O) groups is 3. The third kappa shape index (κ3) is 12.0. The predicted molar refractivity (Wildman–Crippen MR) is 159 cm³/mol. The van der Waals surface area contributed by atoms with Crippen molar-refractivity contribution < 1.29 is 14.4 Å². The van der Waals surface area contributed by atoms with Gasteiger partial charge in [0.15, 0.2) is 0 Å². The molecule has 0 heterocycles. The summed E-state index contributed by atoms with van der Waals surface area (Å²) in [6.07, 6.45) is 4.67. The Morgan fingerprint density at radius 1 is 0.923 bits per heavy atom. The van der Waals surface area contributed by atoms with Crippen molar-refractivity contribution in [1.82, 2.24) is 15.5 Å². The normalized spacial score (nSPS) is 13.9. The van der Waals surface area contributed by atoms with E-state index in [0.29, 0.717) is 36.6 Å². The minimum Gasteiger partial charge on any atom is -0.356 e. The molecule has 7 nitrogen and oxygen atoms in total. The van der Waals surface area contributed by atoms with Crippen molar-refractivity contribution in [2.45, 2.75) is 72.8 Å². The highest BCUT2D eigenvalue weighted by Crippen LogP contribution is 2.27. The third-order valence-corrected chi connectivity index (χ3v) is 6.71. The summed E-state index contributed by atoms with van der Waals surface area (Å²) in [6.45, 7) is 12.6. The first-order chi connectivity index (χ1) is 18.6. The molecule has 39 heavy (non-hydrogen) atoms. The van der Waals surface area contributed by atoms with Crippen molar-refractivity contribution in [3.8, 4) is 0 Å². The van der Waals surface area contributed by atoms with E-state index in [1.165, 1.54) is 24.0 Å². The van der Waals surface area contributed by atoms with Gasteiger partial charge in [0.25, 0.3) is 11.8 Å². The average molecular weight is 537 g/mol. The first-order valence-corrected chi connectivity index (χ1v) is 14.4. The Labute approximate surface area is 234 Å². The van der Waals surface area contributed by atoms with E-state index in [0.717, 1.165) is 19.4 Å². The third-order valence-electron chi connectivity index (χ3n) is 6.71. The quantitative estimate of drug-likeness (QED) is 0.340. The van der Waals surface area contributed by atoms with E-state index in [4.69, 9.17) is 5.73 Å². The van der Waals surface area contributed by atoms with Crippen LogP contribution in [0.3, 0.4) is 0 Å². The van der Waals surface area contributed by atoms with Crippen LogP contribution in [-0.4, -0.2) is 54.8 Å². The number of benzene rings is 2. The number of aryl methyl sites for hydroxylation is 2. The van der Waals surface area contributed by atoms with Crippen LogP contribution in [0.15, 0.2) is 48.5 Å². The molecule has 0 aromatic heterocycles. The lowest BCUT2D eigenvalue weighted by Gasteiger charge is -2.21. The van der Waals surface area contributed by atoms with Gasteiger partial charge in [-0.2, -0.15) is 0 Å². The molecule has 0 saturated heterocycles. The van der Waals surface area contributed by atoms with Crippen LogP contribution in [0, 0.1) is 25.7 Å². The number of carbonyl (C=O) groups excluding carboxylic acids is 3. The van der Waals surface area contributed by atoms with Crippen molar-refractivity contribution in [1.29, 1.82) is 0 Å². The largest absolute Gasteiger partial charge is 0.356 e. The van der Waals surface area contributed by atoms with Gasteiger partial charge in [0.2, 0.25) is 5.91 Å². The number of nitrogens with one attached hydrogen (secondary N) is 2. The SMILES string of the molecule is CCCN(CCC)C(=O)c1cccc(C(=O)NCC(N)CC(C)C(=O)NCC2CC2)c1.Cc1cccc(C)c1. The molecule has 2 atom stereocenters. The molecule has 1 aliphatic rings. The molecule has 0 aliphatic heterocycles. The maximum absolute atomic E-state index is 12.8. The van der Waals surface area contributed by atoms with E-state index < -0.39 is 0 Å². The van der Waals surface area contributed by atoms with Crippen LogP contribution in [0.1, 0.15) is 84.7 Å². The number of hydrogen-bond acceptors (Lipinski definition) is 4. The van der Waals surface area contributed by atoms with Gasteiger partial charge >= 0.3 is 0 Å². The molecule has 2 aromatic rings. The average Bonchev–Trinajstić information content (AvgIpc) is 3.75. The molecule has 0 spiro atoms. The minimum atomic E-state index is -0.319. The number of nitrogens with zero attached hydrogens (tertiary/aromatic N) is 1. The molecule has 2 unspecified atom stereocenters. The topological polar surface area (TPSA) is 105 Å². The Kier molecular flexibility index (Phi) is 13.7. The Balaban J connectivity index is 0.000000568. The highest BCUT2D eigenvalue weighted by atomic mass is 16.2. The zero-order valence-corrected chi connectivity index (χ0v) is 24.5. The Bertz CT molecular complexity index is 1040. The first kappa shape index (κ1) is 32.0. The standard InChI is InChI=1S/C24H38N4O3.C8H10/c1-4-11-28(12-5-2)24(31)20-8-6-7-19(14-20)23(30)27-16-21(25)13-17(3)22(29)26-15-18-9-10-18;1-7-4-3-5-8(2)6-7/h6-8,14,17-18,21H,4-5,9-13,15-16,25H2,1-3H3,(H,26,29)(H,27,30);3-6H,1-2H3. The van der Waals surface area contributed by atoms with Crippen LogP contribution >= 0.6 is 0 Å². The van der Waals surface area contributed by atoms with Gasteiger partial charge in [-0.05, 0) is 70.1 Å². The summed E-state index contributed by atoms with van der Waals surface area (Å²) in [6, 6.07) is 14.9. The number of amides is 3. The van der Waals surface area contributed by atoms with Crippen LogP contribution in [0.25, 0.3) is 0 Å². The highest BCUT2D eigenvalue weighted by Gasteiger charge is 2.24. The van der Waals surface area contributed by atoms with Crippen LogP contribution in [0.2, 0.25) is 0 Å². The van der Waals surface area contributed by atoms with E-state index in [1.807, 2.05) is 25.7 Å². The molecule has 3 amide bonds. The van der Waals surface area contributed by atoms with Gasteiger partial charge in [-0.25, -0.2) is 0 Å². The summed E-state index contributed by atoms with van der Waals surface area (Å²) >= 11 is 0. The van der Waals surface area contributed by atoms with Gasteiger partial charge in [-0.1, -0.05) is 62.2 Å². The molecule has 214 valence electrons. The fourth-order valence-corrected chi connectivity index (χ4v) is 4.35. The van der Waals surface area contributed by atoms with Gasteiger partial charge in [0.05, 0.1) is 0 Å². The lowest BCUT2D eigenvalue weighted by atomic mass is 10.0. The summed E-state index contributed by atoms with van der Waals surface area (Å²) in [5.41, 5.74) is 9.76. The van der Waals surface area contributed by atoms with Crippen LogP contribution in [0.4, 0.5) is 0 Å². The van der Waals surface area contributed by atoms with E-state index in [-0.39, 0.29) is 36.2 Å². The molecule has 1 aliphatic carbocycles. The zero-order valence-electron chi connectivity index (χ0n) is 24.5. The summed E-state index contributed by atoms with van der Waals surface area (Å²) in [5.74, 6) is 0.135. The fraction of sp³-hybridized carbons (Fsp3) is 0.531. The van der Waals surface area contributed by atoms with E-state index >= 15 is 0 Å². The second-order valence-corrected chi connectivity index (χ2v) is 10.8. The second kappa shape index (κ2) is 16.7. The number of nitrogens with two attached hydrogens (primary N) is 1. The molecule has 0 radical (unpaired) electrons. The van der Waals surface area contributed by atoms with Crippen LogP contribution in [0.5, 0.6) is 0 Å². The van der Waals surface area contributed by atoms with Crippen molar-refractivity contribution in [3.63, 3.8) is 0 Å². The molecule has 2 aromatic carbocycles. The molecule has 7 heteroatoms. The zero-order chi connectivity index (χ0) is 28.8. The van der Waals surface area contributed by atoms with Crippen LogP contribution in [-0.2, 0) is 4.79 Å². The smallest absolute Gasteiger partial charge is 0.253 e. The summed E-state index contributed by atoms with van der Waals surface area (Å²) in [4.78, 5) is 39.3. The molecule has 4 N–H and O–H groups in total. The minimum absolute atomic E-state index is 0.0172. The van der Waals surface area contributed by atoms with Gasteiger partial charge in [0.1, 0.15) is 0 Å². The molecular weight excluding hydrogens is 488 g/mol. The molecule has 1 saturated carbocycles. The molecule has 0 bridgehead atoms. The van der Waals surface area contributed by atoms with Gasteiger partial charge in [0, 0.05) is 49.3 Å². The van der Waals surface area contributed by atoms with E-state index in [9.17, 15) is 14.4 Å². The summed E-state index contributed by atoms with van der Waals surface area (Å²) < 4.78 is 0.